The van der Waals surface area contributed by atoms with Crippen LogP contribution in [0.1, 0.15) is 63.2 Å². The minimum absolute atomic E-state index is 0. The van der Waals surface area contributed by atoms with Gasteiger partial charge in [-0.25, -0.2) is 9.78 Å². The van der Waals surface area contributed by atoms with E-state index in [0.717, 1.165) is 33.1 Å². The molecule has 6 aromatic rings. The molecule has 42 heavy (non-hydrogen) atoms. The first-order chi connectivity index (χ1) is 19.4. The number of aromatic nitrogens is 3. The van der Waals surface area contributed by atoms with Gasteiger partial charge in [-0.3, -0.25) is 4.98 Å². The summed E-state index contributed by atoms with van der Waals surface area (Å²) in [5.74, 6) is -0.990. The number of benzene rings is 4. The maximum absolute atomic E-state index is 10.1. The van der Waals surface area contributed by atoms with Crippen molar-refractivity contribution in [3.63, 3.8) is 0 Å². The Labute approximate surface area is 260 Å². The van der Waals surface area contributed by atoms with Crippen LogP contribution in [-0.4, -0.2) is 26.0 Å². The molecule has 0 aliphatic carbocycles. The second kappa shape index (κ2) is 12.1. The molecule has 0 unspecified atom stereocenters. The maximum atomic E-state index is 10.1. The molecule has 0 atom stereocenters. The first-order valence-corrected chi connectivity index (χ1v) is 13.7. The van der Waals surface area contributed by atoms with Crippen LogP contribution in [0.4, 0.5) is 0 Å². The van der Waals surface area contributed by atoms with Crippen LogP contribution in [0, 0.1) is 6.07 Å². The second-order valence-corrected chi connectivity index (χ2v) is 12.3. The zero-order chi connectivity index (χ0) is 29.4. The largest absolute Gasteiger partial charge is 0.477 e. The second-order valence-electron chi connectivity index (χ2n) is 12.3. The third kappa shape index (κ3) is 6.41. The zero-order valence-electron chi connectivity index (χ0n) is 24.7. The number of hydrogen-bond acceptors (Lipinski definition) is 4. The van der Waals surface area contributed by atoms with Gasteiger partial charge in [0.1, 0.15) is 5.69 Å². The van der Waals surface area contributed by atoms with Gasteiger partial charge in [-0.05, 0) is 33.9 Å². The molecule has 0 fully saturated rings. The maximum Gasteiger partial charge on any atom is 0.354 e. The number of fused-ring (bicyclic) bond motifs is 6. The molecule has 2 heterocycles. The Hall–Kier alpha value is -3.99. The van der Waals surface area contributed by atoms with Crippen molar-refractivity contribution in [2.24, 2.45) is 0 Å². The molecule has 4 aromatic carbocycles. The molecule has 5 nitrogen and oxygen atoms in total. The summed E-state index contributed by atoms with van der Waals surface area (Å²) in [4.78, 5) is 23.7. The van der Waals surface area contributed by atoms with Crippen molar-refractivity contribution < 1.29 is 30.0 Å². The third-order valence-corrected chi connectivity index (χ3v) is 7.20. The van der Waals surface area contributed by atoms with Crippen LogP contribution >= 0.6 is 0 Å². The number of carbonyl (C=O) groups is 1. The molecule has 0 saturated carbocycles. The van der Waals surface area contributed by atoms with Crippen molar-refractivity contribution in [3.05, 3.63) is 114 Å². The van der Waals surface area contributed by atoms with E-state index in [1.54, 1.807) is 12.1 Å². The first kappa shape index (κ1) is 31.0. The van der Waals surface area contributed by atoms with Crippen LogP contribution in [0.2, 0.25) is 0 Å². The van der Waals surface area contributed by atoms with Crippen molar-refractivity contribution in [3.8, 4) is 11.3 Å². The molecule has 0 bridgehead atoms. The fourth-order valence-electron chi connectivity index (χ4n) is 4.78. The molecule has 1 N–H and O–H groups in total. The Kier molecular flexibility index (Phi) is 8.91. The van der Waals surface area contributed by atoms with Gasteiger partial charge in [0.2, 0.25) is 0 Å². The molecule has 0 saturated heterocycles. The van der Waals surface area contributed by atoms with Gasteiger partial charge in [0.05, 0.1) is 11.2 Å². The molecule has 6 heteroatoms. The van der Waals surface area contributed by atoms with E-state index in [4.69, 9.17) is 15.1 Å². The van der Waals surface area contributed by atoms with Crippen LogP contribution in [0.25, 0.3) is 43.8 Å². The standard InChI is InChI=1S/C30H29N2.C6H5NO2.Ir/c1-29(2,3)20-12-14-22-24(16-20)25-17-21(30(4,5)6)13-15-23(25)28-27(22)31-18-26(32-28)19-10-8-7-9-11-19;8-6(9)5-3-1-2-4-7-5;/h7-13,15-18H,1-6H3;1-4H,(H,8,9);/q-1;;. The summed E-state index contributed by atoms with van der Waals surface area (Å²) in [5.41, 5.74) is 6.62. The molecular weight excluding hydrogens is 699 g/mol. The van der Waals surface area contributed by atoms with E-state index in [-0.39, 0.29) is 36.6 Å². The molecule has 6 rings (SSSR count). The van der Waals surface area contributed by atoms with Crippen molar-refractivity contribution in [1.82, 2.24) is 15.0 Å². The normalized spacial score (nSPS) is 11.6. The molecule has 0 amide bonds. The Balaban J connectivity index is 0.000000349. The Morgan fingerprint density at radius 3 is 2.00 bits per heavy atom. The number of carboxylic acid groups (broad SMARTS) is 1. The number of aromatic carboxylic acids is 1. The van der Waals surface area contributed by atoms with Crippen molar-refractivity contribution in [2.75, 3.05) is 0 Å². The monoisotopic (exact) mass is 733 g/mol. The van der Waals surface area contributed by atoms with Gasteiger partial charge in [-0.1, -0.05) is 107 Å². The molecule has 2 aromatic heterocycles. The van der Waals surface area contributed by atoms with Crippen LogP contribution < -0.4 is 0 Å². The molecule has 1 radical (unpaired) electrons. The predicted molar refractivity (Wildman–Crippen MR) is 167 cm³/mol. The van der Waals surface area contributed by atoms with E-state index in [1.165, 1.54) is 34.2 Å². The van der Waals surface area contributed by atoms with Crippen LogP contribution in [0.15, 0.2) is 91.3 Å². The fraction of sp³-hybridized carbons (Fsp3) is 0.222. The van der Waals surface area contributed by atoms with E-state index in [0.29, 0.717) is 0 Å². The molecular formula is C36H34IrN3O2-. The van der Waals surface area contributed by atoms with Gasteiger partial charge in [-0.2, -0.15) is 0 Å². The third-order valence-electron chi connectivity index (χ3n) is 7.20. The van der Waals surface area contributed by atoms with Crippen LogP contribution in [-0.2, 0) is 30.9 Å². The van der Waals surface area contributed by atoms with Crippen molar-refractivity contribution >= 4 is 38.5 Å². The Bertz CT molecular complexity index is 1870. The van der Waals surface area contributed by atoms with Gasteiger partial charge in [0.25, 0.3) is 0 Å². The minimum Gasteiger partial charge on any atom is -0.477 e. The predicted octanol–water partition coefficient (Wildman–Crippen LogP) is 8.78. The zero-order valence-corrected chi connectivity index (χ0v) is 27.1. The average Bonchev–Trinajstić information content (AvgIpc) is 2.97. The van der Waals surface area contributed by atoms with Gasteiger partial charge >= 0.3 is 5.97 Å². The number of pyridine rings is 1. The van der Waals surface area contributed by atoms with E-state index in [2.05, 4.69) is 95.1 Å². The SMILES string of the molecule is CC(C)(C)c1c[c-]c2c(c1)c1cc(C(C)(C)C)ccc1c1nc(-c3ccccc3)cnc21.O=C(O)c1ccccn1.[Ir]. The number of carboxylic acids is 1. The quantitative estimate of drug-likeness (QED) is 0.142. The smallest absolute Gasteiger partial charge is 0.354 e. The molecule has 0 aliphatic rings. The number of rotatable bonds is 2. The topological polar surface area (TPSA) is 76.0 Å². The Morgan fingerprint density at radius 2 is 1.40 bits per heavy atom. The number of nitrogens with zero attached hydrogens (tertiary/aromatic N) is 3. The van der Waals surface area contributed by atoms with E-state index in [9.17, 15) is 4.79 Å². The van der Waals surface area contributed by atoms with E-state index < -0.39 is 5.97 Å². The van der Waals surface area contributed by atoms with Crippen LogP contribution in [0.5, 0.6) is 0 Å². The summed E-state index contributed by atoms with van der Waals surface area (Å²) in [7, 11) is 0. The summed E-state index contributed by atoms with van der Waals surface area (Å²) in [5, 5.41) is 12.9. The van der Waals surface area contributed by atoms with Gasteiger partial charge in [0, 0.05) is 43.6 Å². The molecule has 215 valence electrons. The van der Waals surface area contributed by atoms with Gasteiger partial charge in [0.15, 0.2) is 0 Å². The van der Waals surface area contributed by atoms with Gasteiger partial charge in [-0.15, -0.1) is 29.1 Å². The number of hydrogen-bond donors (Lipinski definition) is 1. The fourth-order valence-corrected chi connectivity index (χ4v) is 4.78. The minimum atomic E-state index is -0.990. The summed E-state index contributed by atoms with van der Waals surface area (Å²) in [6.07, 6.45) is 3.33. The first-order valence-electron chi connectivity index (χ1n) is 13.7. The van der Waals surface area contributed by atoms with E-state index >= 15 is 0 Å². The molecule has 0 spiro atoms. The summed E-state index contributed by atoms with van der Waals surface area (Å²) < 4.78 is 0. The van der Waals surface area contributed by atoms with Crippen molar-refractivity contribution in [2.45, 2.75) is 52.4 Å². The van der Waals surface area contributed by atoms with Crippen LogP contribution in [0.3, 0.4) is 0 Å². The van der Waals surface area contributed by atoms with E-state index in [1.807, 2.05) is 24.4 Å². The van der Waals surface area contributed by atoms with Gasteiger partial charge < -0.3 is 10.1 Å². The van der Waals surface area contributed by atoms with Crippen molar-refractivity contribution in [1.29, 1.82) is 0 Å². The summed E-state index contributed by atoms with van der Waals surface area (Å²) >= 11 is 0. The summed E-state index contributed by atoms with van der Waals surface area (Å²) in [6, 6.07) is 29.8. The molecule has 0 aliphatic heterocycles. The average molecular weight is 733 g/mol. The Morgan fingerprint density at radius 1 is 0.738 bits per heavy atom. The summed E-state index contributed by atoms with van der Waals surface area (Å²) in [6.45, 7) is 13.5.